The van der Waals surface area contributed by atoms with Crippen LogP contribution in [0.15, 0.2) is 22.7 Å². The fourth-order valence-electron chi connectivity index (χ4n) is 1.21. The Bertz CT molecular complexity index is 310. The zero-order valence-electron chi connectivity index (χ0n) is 7.58. The van der Waals surface area contributed by atoms with Crippen LogP contribution < -0.4 is 4.74 Å². The summed E-state index contributed by atoms with van der Waals surface area (Å²) >= 11 is 3.39. The molecule has 0 fully saturated rings. The normalized spacial score (nSPS) is 12.2. The van der Waals surface area contributed by atoms with Gasteiger partial charge in [-0.3, -0.25) is 0 Å². The third-order valence-electron chi connectivity index (χ3n) is 1.89. The van der Waals surface area contributed by atoms with Gasteiger partial charge in [-0.1, -0.05) is 28.9 Å². The summed E-state index contributed by atoms with van der Waals surface area (Å²) in [6.45, 7) is 1.84. The fraction of sp³-hybridized carbons (Fsp3) is 0.300. The third-order valence-corrected chi connectivity index (χ3v) is 2.58. The number of rotatable bonds is 3. The molecular weight excluding hydrogens is 232 g/mol. The van der Waals surface area contributed by atoms with Crippen molar-refractivity contribution in [1.82, 2.24) is 0 Å². The van der Waals surface area contributed by atoms with Gasteiger partial charge in [0.15, 0.2) is 0 Å². The Balaban J connectivity index is 3.22. The van der Waals surface area contributed by atoms with Crippen LogP contribution in [0, 0.1) is 0 Å². The van der Waals surface area contributed by atoms with E-state index in [-0.39, 0.29) is 5.92 Å². The number of hydrogen-bond donors (Lipinski definition) is 0. The molecule has 0 aromatic heterocycles. The van der Waals surface area contributed by atoms with E-state index in [1.54, 1.807) is 7.11 Å². The van der Waals surface area contributed by atoms with E-state index in [9.17, 15) is 4.79 Å². The van der Waals surface area contributed by atoms with Crippen LogP contribution in [-0.2, 0) is 4.79 Å². The Kier molecular flexibility index (Phi) is 3.48. The van der Waals surface area contributed by atoms with Crippen molar-refractivity contribution in [3.05, 3.63) is 28.2 Å². The minimum Gasteiger partial charge on any atom is -0.496 e. The van der Waals surface area contributed by atoms with Crippen LogP contribution in [0.2, 0.25) is 0 Å². The molecule has 2 nitrogen and oxygen atoms in total. The van der Waals surface area contributed by atoms with Crippen LogP contribution in [0.25, 0.3) is 0 Å². The van der Waals surface area contributed by atoms with Gasteiger partial charge in [0.1, 0.15) is 12.0 Å². The van der Waals surface area contributed by atoms with Gasteiger partial charge in [0.05, 0.1) is 7.11 Å². The van der Waals surface area contributed by atoms with Gasteiger partial charge in [-0.2, -0.15) is 0 Å². The summed E-state index contributed by atoms with van der Waals surface area (Å²) in [7, 11) is 1.60. The lowest BCUT2D eigenvalue weighted by Gasteiger charge is -2.12. The summed E-state index contributed by atoms with van der Waals surface area (Å²) in [6, 6.07) is 5.63. The van der Waals surface area contributed by atoms with Gasteiger partial charge >= 0.3 is 0 Å². The van der Waals surface area contributed by atoms with Crippen LogP contribution in [0.5, 0.6) is 5.75 Å². The number of methoxy groups -OCH3 is 1. The van der Waals surface area contributed by atoms with Crippen molar-refractivity contribution in [3.8, 4) is 5.75 Å². The second kappa shape index (κ2) is 4.42. The van der Waals surface area contributed by atoms with Gasteiger partial charge in [0.25, 0.3) is 0 Å². The first-order valence-electron chi connectivity index (χ1n) is 3.98. The summed E-state index contributed by atoms with van der Waals surface area (Å²) in [5.74, 6) is 0.597. The maximum absolute atomic E-state index is 10.6. The lowest BCUT2D eigenvalue weighted by atomic mass is 10.0. The number of aldehydes is 1. The molecule has 70 valence electrons. The Morgan fingerprint density at radius 1 is 1.54 bits per heavy atom. The molecular formula is C10H11BrO2. The Labute approximate surface area is 86.0 Å². The molecule has 0 aliphatic heterocycles. The number of hydrogen-bond acceptors (Lipinski definition) is 2. The van der Waals surface area contributed by atoms with E-state index in [1.807, 2.05) is 25.1 Å². The highest BCUT2D eigenvalue weighted by Gasteiger charge is 2.13. The first-order valence-corrected chi connectivity index (χ1v) is 4.77. The maximum Gasteiger partial charge on any atom is 0.127 e. The van der Waals surface area contributed by atoms with Crippen molar-refractivity contribution >= 4 is 22.2 Å². The Morgan fingerprint density at radius 3 is 2.77 bits per heavy atom. The minimum absolute atomic E-state index is 0.148. The average molecular weight is 243 g/mol. The molecule has 1 atom stereocenters. The predicted molar refractivity (Wildman–Crippen MR) is 55.2 cm³/mol. The summed E-state index contributed by atoms with van der Waals surface area (Å²) in [5, 5.41) is 0. The summed E-state index contributed by atoms with van der Waals surface area (Å²) in [6.07, 6.45) is 0.905. The highest BCUT2D eigenvalue weighted by Crippen LogP contribution is 2.32. The molecule has 1 aromatic carbocycles. The van der Waals surface area contributed by atoms with Gasteiger partial charge in [-0.25, -0.2) is 0 Å². The molecule has 0 N–H and O–H groups in total. The predicted octanol–water partition coefficient (Wildman–Crippen LogP) is 2.76. The van der Waals surface area contributed by atoms with Crippen LogP contribution in [0.4, 0.5) is 0 Å². The molecule has 0 spiro atoms. The van der Waals surface area contributed by atoms with Crippen molar-refractivity contribution in [2.45, 2.75) is 12.8 Å². The van der Waals surface area contributed by atoms with Crippen molar-refractivity contribution in [3.63, 3.8) is 0 Å². The van der Waals surface area contributed by atoms with E-state index >= 15 is 0 Å². The third kappa shape index (κ3) is 2.10. The molecule has 13 heavy (non-hydrogen) atoms. The summed E-state index contributed by atoms with van der Waals surface area (Å²) in [4.78, 5) is 10.6. The van der Waals surface area contributed by atoms with Gasteiger partial charge in [-0.15, -0.1) is 0 Å². The van der Waals surface area contributed by atoms with Gasteiger partial charge in [-0.05, 0) is 12.1 Å². The van der Waals surface area contributed by atoms with Crippen LogP contribution >= 0.6 is 15.9 Å². The van der Waals surface area contributed by atoms with Crippen molar-refractivity contribution in [2.24, 2.45) is 0 Å². The van der Waals surface area contributed by atoms with Crippen molar-refractivity contribution < 1.29 is 9.53 Å². The number of carbonyl (C=O) groups is 1. The van der Waals surface area contributed by atoms with Crippen LogP contribution in [0.3, 0.4) is 0 Å². The highest BCUT2D eigenvalue weighted by atomic mass is 79.9. The van der Waals surface area contributed by atoms with Crippen LogP contribution in [-0.4, -0.2) is 13.4 Å². The maximum atomic E-state index is 10.6. The van der Waals surface area contributed by atoms with E-state index in [2.05, 4.69) is 15.9 Å². The Hall–Kier alpha value is -0.830. The molecule has 1 aromatic rings. The molecule has 0 saturated carbocycles. The molecule has 1 unspecified atom stereocenters. The fourth-order valence-corrected chi connectivity index (χ4v) is 1.91. The monoisotopic (exact) mass is 242 g/mol. The molecule has 0 amide bonds. The second-order valence-electron chi connectivity index (χ2n) is 2.78. The van der Waals surface area contributed by atoms with E-state index in [0.717, 1.165) is 22.1 Å². The number of carbonyl (C=O) groups excluding carboxylic acids is 1. The summed E-state index contributed by atoms with van der Waals surface area (Å²) in [5.41, 5.74) is 0.903. The van der Waals surface area contributed by atoms with E-state index in [4.69, 9.17) is 4.74 Å². The average Bonchev–Trinajstić information content (AvgIpc) is 2.16. The standard InChI is InChI=1S/C10H11BrO2/c1-7(6-12)10-8(11)4-3-5-9(10)13-2/h3-7H,1-2H3. The minimum atomic E-state index is -0.148. The van der Waals surface area contributed by atoms with E-state index in [1.165, 1.54) is 0 Å². The molecule has 0 saturated heterocycles. The Morgan fingerprint density at radius 2 is 2.23 bits per heavy atom. The lowest BCUT2D eigenvalue weighted by Crippen LogP contribution is -1.99. The molecule has 0 aliphatic carbocycles. The quantitative estimate of drug-likeness (QED) is 0.763. The molecule has 0 bridgehead atoms. The van der Waals surface area contributed by atoms with Gasteiger partial charge in [0, 0.05) is 16.0 Å². The first-order chi connectivity index (χ1) is 6.20. The van der Waals surface area contributed by atoms with Gasteiger partial charge in [0.2, 0.25) is 0 Å². The number of benzene rings is 1. The molecule has 1 rings (SSSR count). The molecule has 0 radical (unpaired) electrons. The van der Waals surface area contributed by atoms with E-state index in [0.29, 0.717) is 0 Å². The van der Waals surface area contributed by atoms with Crippen LogP contribution in [0.1, 0.15) is 18.4 Å². The second-order valence-corrected chi connectivity index (χ2v) is 3.63. The molecule has 3 heteroatoms. The zero-order valence-corrected chi connectivity index (χ0v) is 9.17. The lowest BCUT2D eigenvalue weighted by molar-refractivity contribution is -0.108. The SMILES string of the molecule is COc1cccc(Br)c1C(C)C=O. The van der Waals surface area contributed by atoms with Crippen molar-refractivity contribution in [1.29, 1.82) is 0 Å². The molecule has 0 aliphatic rings. The van der Waals surface area contributed by atoms with E-state index < -0.39 is 0 Å². The highest BCUT2D eigenvalue weighted by molar-refractivity contribution is 9.10. The zero-order chi connectivity index (χ0) is 9.84. The number of halogens is 1. The number of ether oxygens (including phenoxy) is 1. The first kappa shape index (κ1) is 10.3. The van der Waals surface area contributed by atoms with Crippen molar-refractivity contribution in [2.75, 3.05) is 7.11 Å². The molecule has 0 heterocycles. The smallest absolute Gasteiger partial charge is 0.127 e. The summed E-state index contributed by atoms with van der Waals surface area (Å²) < 4.78 is 6.07. The largest absolute Gasteiger partial charge is 0.496 e. The topological polar surface area (TPSA) is 26.3 Å². The van der Waals surface area contributed by atoms with Gasteiger partial charge < -0.3 is 9.53 Å².